The maximum atomic E-state index is 12.0. The molecule has 0 heterocycles. The number of carbonyl (C=O) groups is 1. The molecule has 0 aromatic heterocycles. The van der Waals surface area contributed by atoms with Crippen LogP contribution in [0.15, 0.2) is 72.5 Å². The molecule has 3 nitrogen and oxygen atoms in total. The van der Waals surface area contributed by atoms with Crippen LogP contribution in [0.1, 0.15) is 37.5 Å². The molecule has 0 aliphatic heterocycles. The van der Waals surface area contributed by atoms with Crippen LogP contribution in [0.5, 0.6) is 0 Å². The van der Waals surface area contributed by atoms with Gasteiger partial charge in [-0.1, -0.05) is 68.1 Å². The van der Waals surface area contributed by atoms with Crippen molar-refractivity contribution in [1.29, 1.82) is 0 Å². The quantitative estimate of drug-likeness (QED) is 0.489. The van der Waals surface area contributed by atoms with Gasteiger partial charge in [-0.15, -0.1) is 11.8 Å². The Morgan fingerprint density at radius 1 is 1.00 bits per heavy atom. The molecule has 4 heteroatoms. The normalized spacial score (nSPS) is 11.6. The van der Waals surface area contributed by atoms with E-state index in [9.17, 15) is 4.79 Å². The summed E-state index contributed by atoms with van der Waals surface area (Å²) in [7, 11) is 0. The highest BCUT2D eigenvalue weighted by molar-refractivity contribution is 8.00. The highest BCUT2D eigenvalue weighted by atomic mass is 32.2. The average Bonchev–Trinajstić information content (AvgIpc) is 2.74. The maximum absolute atomic E-state index is 12.0. The van der Waals surface area contributed by atoms with Crippen molar-refractivity contribution in [3.05, 3.63) is 89.2 Å². The number of thioether (sulfide) groups is 1. The Morgan fingerprint density at radius 2 is 1.69 bits per heavy atom. The number of hydrogen-bond acceptors (Lipinski definition) is 3. The number of aryl methyl sites for hydroxylation is 1. The first kappa shape index (κ1) is 22.8. The van der Waals surface area contributed by atoms with Gasteiger partial charge in [0, 0.05) is 17.9 Å². The Balaban J connectivity index is 1.70. The molecule has 0 saturated heterocycles. The van der Waals surface area contributed by atoms with Gasteiger partial charge in [-0.05, 0) is 43.4 Å². The minimum absolute atomic E-state index is 0.0673. The Bertz CT molecular complexity index is 826. The van der Waals surface area contributed by atoms with E-state index < -0.39 is 0 Å². The van der Waals surface area contributed by atoms with E-state index in [-0.39, 0.29) is 5.91 Å². The van der Waals surface area contributed by atoms with E-state index in [1.165, 1.54) is 11.1 Å². The summed E-state index contributed by atoms with van der Waals surface area (Å²) < 4.78 is 5.91. The van der Waals surface area contributed by atoms with Gasteiger partial charge in [0.15, 0.2) is 0 Å². The number of benzene rings is 2. The van der Waals surface area contributed by atoms with Crippen molar-refractivity contribution < 1.29 is 9.53 Å². The van der Waals surface area contributed by atoms with Crippen LogP contribution < -0.4 is 5.32 Å². The molecule has 154 valence electrons. The lowest BCUT2D eigenvalue weighted by molar-refractivity contribution is -0.118. The minimum Gasteiger partial charge on any atom is -0.462 e. The van der Waals surface area contributed by atoms with E-state index in [0.717, 1.165) is 35.5 Å². The van der Waals surface area contributed by atoms with Gasteiger partial charge in [0.1, 0.15) is 11.5 Å². The number of amides is 1. The second kappa shape index (κ2) is 12.2. The Morgan fingerprint density at radius 3 is 2.34 bits per heavy atom. The molecule has 29 heavy (non-hydrogen) atoms. The van der Waals surface area contributed by atoms with E-state index in [4.69, 9.17) is 4.74 Å². The number of rotatable bonds is 11. The Kier molecular flexibility index (Phi) is 9.58. The van der Waals surface area contributed by atoms with Crippen LogP contribution in [0.3, 0.4) is 0 Å². The van der Waals surface area contributed by atoms with Crippen molar-refractivity contribution in [1.82, 2.24) is 5.32 Å². The number of carbonyl (C=O) groups excluding carboxylic acids is 1. The van der Waals surface area contributed by atoms with Crippen LogP contribution in [-0.2, 0) is 22.4 Å². The van der Waals surface area contributed by atoms with Crippen molar-refractivity contribution in [2.45, 2.75) is 33.6 Å². The summed E-state index contributed by atoms with van der Waals surface area (Å²) in [4.78, 5) is 12.0. The van der Waals surface area contributed by atoms with Crippen molar-refractivity contribution in [2.75, 3.05) is 18.1 Å². The zero-order valence-electron chi connectivity index (χ0n) is 17.7. The fourth-order valence-electron chi connectivity index (χ4n) is 2.70. The number of nitrogens with one attached hydrogen (secondary N) is 1. The third kappa shape index (κ3) is 8.20. The molecule has 0 atom stereocenters. The molecule has 0 radical (unpaired) electrons. The lowest BCUT2D eigenvalue weighted by atomic mass is 10.1. The molecule has 2 rings (SSSR count). The van der Waals surface area contributed by atoms with Gasteiger partial charge in [-0.2, -0.15) is 0 Å². The molecule has 0 spiro atoms. The molecule has 0 unspecified atom stereocenters. The molecule has 1 amide bonds. The fraction of sp³-hybridized carbons (Fsp3) is 0.320. The molecule has 2 aromatic rings. The Labute approximate surface area is 179 Å². The van der Waals surface area contributed by atoms with Crippen molar-refractivity contribution in [3.8, 4) is 0 Å². The zero-order valence-corrected chi connectivity index (χ0v) is 18.5. The SMILES string of the molecule is C=C(O/C(C)=C(\C)CSCC(=O)NCCc1ccccc1)c1ccc(CC)cc1. The van der Waals surface area contributed by atoms with Crippen LogP contribution in [0, 0.1) is 0 Å². The number of hydrogen-bond donors (Lipinski definition) is 1. The lowest BCUT2D eigenvalue weighted by Crippen LogP contribution is -2.27. The summed E-state index contributed by atoms with van der Waals surface area (Å²) >= 11 is 1.59. The molecular weight excluding hydrogens is 378 g/mol. The molecule has 0 bridgehead atoms. The van der Waals surface area contributed by atoms with Gasteiger partial charge in [-0.3, -0.25) is 4.79 Å². The van der Waals surface area contributed by atoms with Crippen molar-refractivity contribution in [2.24, 2.45) is 0 Å². The van der Waals surface area contributed by atoms with Crippen LogP contribution in [0.25, 0.3) is 5.76 Å². The monoisotopic (exact) mass is 409 g/mol. The van der Waals surface area contributed by atoms with E-state index in [0.29, 0.717) is 18.1 Å². The number of ether oxygens (including phenoxy) is 1. The minimum atomic E-state index is 0.0673. The molecule has 0 aliphatic rings. The van der Waals surface area contributed by atoms with Crippen LogP contribution in [0.2, 0.25) is 0 Å². The van der Waals surface area contributed by atoms with Gasteiger partial charge in [0.05, 0.1) is 5.75 Å². The smallest absolute Gasteiger partial charge is 0.230 e. The second-order valence-corrected chi connectivity index (χ2v) is 7.98. The van der Waals surface area contributed by atoms with E-state index in [1.54, 1.807) is 11.8 Å². The van der Waals surface area contributed by atoms with Gasteiger partial charge in [0.2, 0.25) is 5.91 Å². The van der Waals surface area contributed by atoms with Gasteiger partial charge in [-0.25, -0.2) is 0 Å². The average molecular weight is 410 g/mol. The van der Waals surface area contributed by atoms with Crippen molar-refractivity contribution in [3.63, 3.8) is 0 Å². The summed E-state index contributed by atoms with van der Waals surface area (Å²) in [6, 6.07) is 18.5. The predicted molar refractivity (Wildman–Crippen MR) is 125 cm³/mol. The molecule has 2 aromatic carbocycles. The highest BCUT2D eigenvalue weighted by Gasteiger charge is 2.06. The topological polar surface area (TPSA) is 38.3 Å². The summed E-state index contributed by atoms with van der Waals surface area (Å²) in [5, 5.41) is 2.98. The van der Waals surface area contributed by atoms with Crippen molar-refractivity contribution >= 4 is 23.4 Å². The van der Waals surface area contributed by atoms with Gasteiger partial charge >= 0.3 is 0 Å². The third-order valence-corrected chi connectivity index (χ3v) is 5.80. The zero-order chi connectivity index (χ0) is 21.1. The fourth-order valence-corrected chi connectivity index (χ4v) is 3.60. The standard InChI is InChI=1S/C25H31NO2S/c1-5-22-11-13-24(14-12-22)21(4)28-20(3)19(2)17-29-18-25(27)26-16-15-23-9-7-6-8-10-23/h6-14H,4-5,15-18H2,1-3H3,(H,26,27)/b20-19+. The maximum Gasteiger partial charge on any atom is 0.230 e. The number of allylic oxidation sites excluding steroid dienone is 1. The lowest BCUT2D eigenvalue weighted by Gasteiger charge is -2.13. The highest BCUT2D eigenvalue weighted by Crippen LogP contribution is 2.21. The first-order chi connectivity index (χ1) is 14.0. The Hall–Kier alpha value is -2.46. The van der Waals surface area contributed by atoms with E-state index in [1.807, 2.05) is 44.2 Å². The molecular formula is C25H31NO2S. The summed E-state index contributed by atoms with van der Waals surface area (Å²) in [6.45, 7) is 10.8. The summed E-state index contributed by atoms with van der Waals surface area (Å²) in [5.41, 5.74) is 4.62. The molecule has 0 saturated carbocycles. The second-order valence-electron chi connectivity index (χ2n) is 6.99. The first-order valence-corrected chi connectivity index (χ1v) is 11.2. The molecule has 0 fully saturated rings. The summed E-state index contributed by atoms with van der Waals surface area (Å²) in [5.74, 6) is 2.75. The van der Waals surface area contributed by atoms with Gasteiger partial charge in [0.25, 0.3) is 0 Å². The molecule has 0 aliphatic carbocycles. The van der Waals surface area contributed by atoms with E-state index in [2.05, 4.69) is 43.1 Å². The largest absolute Gasteiger partial charge is 0.462 e. The molecule has 1 N–H and O–H groups in total. The summed E-state index contributed by atoms with van der Waals surface area (Å²) in [6.07, 6.45) is 1.87. The van der Waals surface area contributed by atoms with Crippen LogP contribution in [-0.4, -0.2) is 24.0 Å². The predicted octanol–water partition coefficient (Wildman–Crippen LogP) is 5.62. The van der Waals surface area contributed by atoms with Gasteiger partial charge < -0.3 is 10.1 Å². The van der Waals surface area contributed by atoms with Crippen LogP contribution in [0.4, 0.5) is 0 Å². The first-order valence-electron chi connectivity index (χ1n) is 10.0. The van der Waals surface area contributed by atoms with Crippen LogP contribution >= 0.6 is 11.8 Å². The van der Waals surface area contributed by atoms with E-state index >= 15 is 0 Å². The third-order valence-electron chi connectivity index (χ3n) is 4.69.